The molecule has 0 fully saturated rings. The molecular weight excluding hydrogens is 180 g/mol. The van der Waals surface area contributed by atoms with Gasteiger partial charge in [0.2, 0.25) is 0 Å². The monoisotopic (exact) mass is 196 g/mol. The average molecular weight is 196 g/mol. The Hall–Kier alpha value is -0.570. The number of thiol groups is 1. The molecule has 1 aromatic rings. The Morgan fingerprint density at radius 2 is 1.77 bits per heavy atom. The summed E-state index contributed by atoms with van der Waals surface area (Å²) < 4.78 is 0. The minimum Gasteiger partial charge on any atom is -0.241 e. The van der Waals surface area contributed by atoms with Crippen molar-refractivity contribution in [1.29, 1.82) is 0 Å². The lowest BCUT2D eigenvalue weighted by molar-refractivity contribution is 0.756. The number of aromatic nitrogens is 2. The van der Waals surface area contributed by atoms with E-state index in [9.17, 15) is 0 Å². The SMILES string of the molecule is CC(C)c1ncc(C(C)CS)cn1. The first kappa shape index (κ1) is 10.5. The first-order valence-electron chi connectivity index (χ1n) is 4.57. The topological polar surface area (TPSA) is 25.8 Å². The molecule has 0 aliphatic carbocycles. The highest BCUT2D eigenvalue weighted by molar-refractivity contribution is 7.80. The van der Waals surface area contributed by atoms with Crippen LogP contribution in [-0.4, -0.2) is 15.7 Å². The van der Waals surface area contributed by atoms with E-state index in [0.717, 1.165) is 11.6 Å². The van der Waals surface area contributed by atoms with Crippen LogP contribution < -0.4 is 0 Å². The molecule has 1 unspecified atom stereocenters. The van der Waals surface area contributed by atoms with Crippen molar-refractivity contribution in [2.75, 3.05) is 5.75 Å². The van der Waals surface area contributed by atoms with E-state index in [0.29, 0.717) is 11.8 Å². The lowest BCUT2D eigenvalue weighted by Crippen LogP contribution is -2.01. The molecule has 1 atom stereocenters. The summed E-state index contributed by atoms with van der Waals surface area (Å²) in [4.78, 5) is 8.60. The van der Waals surface area contributed by atoms with Gasteiger partial charge >= 0.3 is 0 Å². The van der Waals surface area contributed by atoms with E-state index in [1.807, 2.05) is 12.4 Å². The predicted octanol–water partition coefficient (Wildman–Crippen LogP) is 2.63. The van der Waals surface area contributed by atoms with Crippen LogP contribution in [0.25, 0.3) is 0 Å². The van der Waals surface area contributed by atoms with Crippen LogP contribution in [0, 0.1) is 0 Å². The molecule has 72 valence electrons. The second-order valence-corrected chi connectivity index (χ2v) is 3.98. The molecule has 0 amide bonds. The molecule has 0 aliphatic rings. The van der Waals surface area contributed by atoms with Gasteiger partial charge in [-0.2, -0.15) is 12.6 Å². The molecule has 0 radical (unpaired) electrons. The van der Waals surface area contributed by atoms with Gasteiger partial charge in [-0.25, -0.2) is 9.97 Å². The second-order valence-electron chi connectivity index (χ2n) is 3.61. The summed E-state index contributed by atoms with van der Waals surface area (Å²) in [5.41, 5.74) is 1.17. The highest BCUT2D eigenvalue weighted by Crippen LogP contribution is 2.15. The highest BCUT2D eigenvalue weighted by atomic mass is 32.1. The Morgan fingerprint density at radius 3 is 2.15 bits per heavy atom. The lowest BCUT2D eigenvalue weighted by Gasteiger charge is -2.08. The number of rotatable bonds is 3. The molecule has 1 rings (SSSR count). The molecule has 0 saturated carbocycles. The molecular formula is C10H16N2S. The Balaban J connectivity index is 2.81. The third-order valence-electron chi connectivity index (χ3n) is 2.05. The van der Waals surface area contributed by atoms with Crippen LogP contribution in [0.3, 0.4) is 0 Å². The number of nitrogens with zero attached hydrogens (tertiary/aromatic N) is 2. The van der Waals surface area contributed by atoms with Crippen LogP contribution in [0.4, 0.5) is 0 Å². The zero-order valence-corrected chi connectivity index (χ0v) is 9.25. The van der Waals surface area contributed by atoms with E-state index in [4.69, 9.17) is 0 Å². The van der Waals surface area contributed by atoms with Crippen LogP contribution in [-0.2, 0) is 0 Å². The van der Waals surface area contributed by atoms with Gasteiger partial charge in [0, 0.05) is 18.3 Å². The molecule has 13 heavy (non-hydrogen) atoms. The Kier molecular flexibility index (Phi) is 3.72. The van der Waals surface area contributed by atoms with E-state index < -0.39 is 0 Å². The maximum Gasteiger partial charge on any atom is 0.130 e. The Labute approximate surface area is 85.2 Å². The van der Waals surface area contributed by atoms with Crippen molar-refractivity contribution in [1.82, 2.24) is 9.97 Å². The van der Waals surface area contributed by atoms with Crippen molar-refractivity contribution in [3.05, 3.63) is 23.8 Å². The van der Waals surface area contributed by atoms with Gasteiger partial charge in [-0.15, -0.1) is 0 Å². The largest absolute Gasteiger partial charge is 0.241 e. The predicted molar refractivity (Wildman–Crippen MR) is 58.4 cm³/mol. The average Bonchev–Trinajstić information content (AvgIpc) is 2.17. The summed E-state index contributed by atoms with van der Waals surface area (Å²) in [6, 6.07) is 0. The smallest absolute Gasteiger partial charge is 0.130 e. The van der Waals surface area contributed by atoms with Crippen molar-refractivity contribution in [2.24, 2.45) is 0 Å². The summed E-state index contributed by atoms with van der Waals surface area (Å²) in [7, 11) is 0. The van der Waals surface area contributed by atoms with Crippen molar-refractivity contribution in [3.63, 3.8) is 0 Å². The summed E-state index contributed by atoms with van der Waals surface area (Å²) in [6.07, 6.45) is 3.81. The van der Waals surface area contributed by atoms with Gasteiger partial charge in [0.25, 0.3) is 0 Å². The van der Waals surface area contributed by atoms with E-state index in [2.05, 4.69) is 43.4 Å². The molecule has 0 spiro atoms. The first-order chi connectivity index (χ1) is 6.15. The zero-order valence-electron chi connectivity index (χ0n) is 8.36. The normalized spacial score (nSPS) is 13.3. The Morgan fingerprint density at radius 1 is 1.23 bits per heavy atom. The second kappa shape index (κ2) is 4.61. The maximum absolute atomic E-state index is 4.30. The van der Waals surface area contributed by atoms with Crippen molar-refractivity contribution in [3.8, 4) is 0 Å². The van der Waals surface area contributed by atoms with Crippen LogP contribution in [0.15, 0.2) is 12.4 Å². The fraction of sp³-hybridized carbons (Fsp3) is 0.600. The first-order valence-corrected chi connectivity index (χ1v) is 5.21. The molecule has 2 nitrogen and oxygen atoms in total. The summed E-state index contributed by atoms with van der Waals surface area (Å²) in [5.74, 6) is 2.59. The zero-order chi connectivity index (χ0) is 9.84. The van der Waals surface area contributed by atoms with E-state index in [1.165, 1.54) is 5.56 Å². The number of hydrogen-bond donors (Lipinski definition) is 1. The highest BCUT2D eigenvalue weighted by Gasteiger charge is 2.06. The summed E-state index contributed by atoms with van der Waals surface area (Å²) in [5, 5.41) is 0. The fourth-order valence-corrected chi connectivity index (χ4v) is 1.22. The van der Waals surface area contributed by atoms with Gasteiger partial charge < -0.3 is 0 Å². The van der Waals surface area contributed by atoms with Gasteiger partial charge in [-0.1, -0.05) is 20.8 Å². The molecule has 3 heteroatoms. The van der Waals surface area contributed by atoms with Crippen LogP contribution in [0.5, 0.6) is 0 Å². The molecule has 0 aromatic carbocycles. The third-order valence-corrected chi connectivity index (χ3v) is 2.60. The minimum atomic E-state index is 0.403. The van der Waals surface area contributed by atoms with Gasteiger partial charge in [0.1, 0.15) is 5.82 Å². The van der Waals surface area contributed by atoms with Gasteiger partial charge in [0.15, 0.2) is 0 Å². The van der Waals surface area contributed by atoms with Crippen molar-refractivity contribution < 1.29 is 0 Å². The van der Waals surface area contributed by atoms with Gasteiger partial charge in [-0.05, 0) is 17.2 Å². The molecule has 0 aliphatic heterocycles. The molecule has 0 N–H and O–H groups in total. The summed E-state index contributed by atoms with van der Waals surface area (Å²) in [6.45, 7) is 6.31. The molecule has 1 aromatic heterocycles. The number of hydrogen-bond acceptors (Lipinski definition) is 3. The van der Waals surface area contributed by atoms with Crippen LogP contribution in [0.2, 0.25) is 0 Å². The molecule has 0 saturated heterocycles. The fourth-order valence-electron chi connectivity index (χ4n) is 1.01. The van der Waals surface area contributed by atoms with E-state index >= 15 is 0 Å². The Bertz CT molecular complexity index is 256. The minimum absolute atomic E-state index is 0.403. The van der Waals surface area contributed by atoms with Crippen molar-refractivity contribution >= 4 is 12.6 Å². The molecule has 0 bridgehead atoms. The van der Waals surface area contributed by atoms with E-state index in [1.54, 1.807) is 0 Å². The van der Waals surface area contributed by atoms with Crippen LogP contribution >= 0.6 is 12.6 Å². The van der Waals surface area contributed by atoms with Crippen LogP contribution in [0.1, 0.15) is 44.0 Å². The molecule has 1 heterocycles. The van der Waals surface area contributed by atoms with Gasteiger partial charge in [0.05, 0.1) is 0 Å². The summed E-state index contributed by atoms with van der Waals surface area (Å²) >= 11 is 4.24. The third kappa shape index (κ3) is 2.69. The lowest BCUT2D eigenvalue weighted by atomic mass is 10.1. The quantitative estimate of drug-likeness (QED) is 0.752. The maximum atomic E-state index is 4.30. The van der Waals surface area contributed by atoms with E-state index in [-0.39, 0.29) is 0 Å². The van der Waals surface area contributed by atoms with Gasteiger partial charge in [-0.3, -0.25) is 0 Å². The standard InChI is InChI=1S/C10H16N2S/c1-7(2)10-11-4-9(5-12-10)8(3)6-13/h4-5,7-8,13H,6H2,1-3H3. The van der Waals surface area contributed by atoms with Crippen molar-refractivity contribution in [2.45, 2.75) is 32.6 Å².